The molecule has 21 heavy (non-hydrogen) atoms. The molecule has 120 valence electrons. The van der Waals surface area contributed by atoms with Crippen molar-refractivity contribution in [3.05, 3.63) is 28.2 Å². The Hall–Kier alpha value is -0.620. The lowest BCUT2D eigenvalue weighted by molar-refractivity contribution is 0.0805. The van der Waals surface area contributed by atoms with E-state index in [0.29, 0.717) is 25.9 Å². The molecule has 0 atom stereocenters. The Morgan fingerprint density at radius 2 is 1.95 bits per heavy atom. The zero-order valence-corrected chi connectivity index (χ0v) is 14.7. The zero-order chi connectivity index (χ0) is 15.5. The van der Waals surface area contributed by atoms with E-state index in [9.17, 15) is 0 Å². The van der Waals surface area contributed by atoms with Gasteiger partial charge in [0.25, 0.3) is 0 Å². The van der Waals surface area contributed by atoms with Crippen LogP contribution in [0, 0.1) is 0 Å². The fourth-order valence-electron chi connectivity index (χ4n) is 1.71. The summed E-state index contributed by atoms with van der Waals surface area (Å²) in [7, 11) is 1.70. The van der Waals surface area contributed by atoms with Gasteiger partial charge < -0.3 is 19.5 Å². The molecule has 0 bridgehead atoms. The van der Waals surface area contributed by atoms with E-state index in [-0.39, 0.29) is 0 Å². The van der Waals surface area contributed by atoms with Crippen molar-refractivity contribution in [2.45, 2.75) is 32.9 Å². The van der Waals surface area contributed by atoms with Crippen LogP contribution in [0.2, 0.25) is 0 Å². The zero-order valence-electron chi connectivity index (χ0n) is 13.2. The normalized spacial score (nSPS) is 11.1. The predicted octanol–water partition coefficient (Wildman–Crippen LogP) is 3.38. The van der Waals surface area contributed by atoms with Gasteiger partial charge >= 0.3 is 0 Å². The minimum atomic E-state index is 0.481. The molecule has 0 aliphatic carbocycles. The van der Waals surface area contributed by atoms with Gasteiger partial charge in [-0.3, -0.25) is 0 Å². The summed E-state index contributed by atoms with van der Waals surface area (Å²) in [5, 5.41) is 3.39. The standard InChI is InChI=1S/C16H26BrNO3/c1-13(2)18-12-14-5-6-16(15(17)11-14)21-10-9-20-8-4-7-19-3/h5-6,11,13,18H,4,7-10,12H2,1-3H3. The number of nitrogens with one attached hydrogen (secondary N) is 1. The van der Waals surface area contributed by atoms with Gasteiger partial charge in [-0.25, -0.2) is 0 Å². The first-order valence-electron chi connectivity index (χ1n) is 7.34. The average molecular weight is 360 g/mol. The number of hydrogen-bond acceptors (Lipinski definition) is 4. The number of benzene rings is 1. The van der Waals surface area contributed by atoms with Crippen LogP contribution in [-0.2, 0) is 16.0 Å². The molecule has 0 aromatic heterocycles. The monoisotopic (exact) mass is 359 g/mol. The number of rotatable bonds is 11. The second-order valence-corrected chi connectivity index (χ2v) is 5.96. The van der Waals surface area contributed by atoms with E-state index in [1.54, 1.807) is 7.11 Å². The van der Waals surface area contributed by atoms with Gasteiger partial charge in [-0.15, -0.1) is 0 Å². The maximum absolute atomic E-state index is 5.70. The molecule has 1 N–H and O–H groups in total. The summed E-state index contributed by atoms with van der Waals surface area (Å²) in [6, 6.07) is 6.64. The van der Waals surface area contributed by atoms with E-state index in [1.165, 1.54) is 5.56 Å². The third-order valence-corrected chi connectivity index (χ3v) is 3.45. The van der Waals surface area contributed by atoms with E-state index < -0.39 is 0 Å². The maximum Gasteiger partial charge on any atom is 0.133 e. The van der Waals surface area contributed by atoms with Crippen molar-refractivity contribution >= 4 is 15.9 Å². The molecule has 1 aromatic rings. The summed E-state index contributed by atoms with van der Waals surface area (Å²) in [6.07, 6.45) is 0.914. The average Bonchev–Trinajstić information content (AvgIpc) is 2.46. The van der Waals surface area contributed by atoms with Crippen molar-refractivity contribution in [2.75, 3.05) is 33.5 Å². The Bertz CT molecular complexity index is 399. The first-order valence-corrected chi connectivity index (χ1v) is 8.14. The van der Waals surface area contributed by atoms with Gasteiger partial charge in [0.1, 0.15) is 12.4 Å². The van der Waals surface area contributed by atoms with Crippen LogP contribution in [0.3, 0.4) is 0 Å². The largest absolute Gasteiger partial charge is 0.490 e. The van der Waals surface area contributed by atoms with E-state index >= 15 is 0 Å². The van der Waals surface area contributed by atoms with Crippen LogP contribution < -0.4 is 10.1 Å². The quantitative estimate of drug-likeness (QED) is 0.614. The summed E-state index contributed by atoms with van der Waals surface area (Å²) in [6.45, 7) is 7.72. The molecule has 0 spiro atoms. The Balaban J connectivity index is 2.26. The van der Waals surface area contributed by atoms with Crippen molar-refractivity contribution in [1.29, 1.82) is 0 Å². The van der Waals surface area contributed by atoms with Crippen molar-refractivity contribution < 1.29 is 14.2 Å². The van der Waals surface area contributed by atoms with Crippen LogP contribution in [0.15, 0.2) is 22.7 Å². The molecular formula is C16H26BrNO3. The fourth-order valence-corrected chi connectivity index (χ4v) is 2.25. The van der Waals surface area contributed by atoms with Gasteiger partial charge in [0, 0.05) is 32.9 Å². The SMILES string of the molecule is COCCCOCCOc1ccc(CNC(C)C)cc1Br. The molecule has 0 saturated carbocycles. The molecule has 0 amide bonds. The maximum atomic E-state index is 5.70. The summed E-state index contributed by atoms with van der Waals surface area (Å²) in [4.78, 5) is 0. The third kappa shape index (κ3) is 8.41. The molecule has 4 nitrogen and oxygen atoms in total. The number of hydrogen-bond donors (Lipinski definition) is 1. The van der Waals surface area contributed by atoms with Gasteiger partial charge in [-0.2, -0.15) is 0 Å². The summed E-state index contributed by atoms with van der Waals surface area (Å²) in [5.74, 6) is 0.851. The molecule has 1 rings (SSSR count). The molecule has 5 heteroatoms. The molecule has 0 radical (unpaired) electrons. The van der Waals surface area contributed by atoms with Crippen LogP contribution in [0.25, 0.3) is 0 Å². The molecule has 0 saturated heterocycles. The van der Waals surface area contributed by atoms with Crippen LogP contribution in [0.1, 0.15) is 25.8 Å². The van der Waals surface area contributed by atoms with Crippen LogP contribution in [0.4, 0.5) is 0 Å². The van der Waals surface area contributed by atoms with E-state index in [2.05, 4.69) is 47.2 Å². The highest BCUT2D eigenvalue weighted by molar-refractivity contribution is 9.10. The molecule has 0 fully saturated rings. The van der Waals surface area contributed by atoms with Gasteiger partial charge in [-0.05, 0) is 40.0 Å². The smallest absolute Gasteiger partial charge is 0.133 e. The molecule has 0 unspecified atom stereocenters. The lowest BCUT2D eigenvalue weighted by Crippen LogP contribution is -2.21. The highest BCUT2D eigenvalue weighted by Gasteiger charge is 2.03. The fraction of sp³-hybridized carbons (Fsp3) is 0.625. The van der Waals surface area contributed by atoms with Crippen molar-refractivity contribution in [1.82, 2.24) is 5.32 Å². The van der Waals surface area contributed by atoms with Crippen LogP contribution >= 0.6 is 15.9 Å². The molecular weight excluding hydrogens is 334 g/mol. The van der Waals surface area contributed by atoms with Crippen molar-refractivity contribution in [3.63, 3.8) is 0 Å². The predicted molar refractivity (Wildman–Crippen MR) is 88.9 cm³/mol. The summed E-state index contributed by atoms with van der Waals surface area (Å²) >= 11 is 3.55. The van der Waals surface area contributed by atoms with Gasteiger partial charge in [0.15, 0.2) is 0 Å². The van der Waals surface area contributed by atoms with Gasteiger partial charge in [0.05, 0.1) is 11.1 Å². The second kappa shape index (κ2) is 11.0. The van der Waals surface area contributed by atoms with E-state index in [1.807, 2.05) is 6.07 Å². The van der Waals surface area contributed by atoms with Gasteiger partial charge in [-0.1, -0.05) is 19.9 Å². The topological polar surface area (TPSA) is 39.7 Å². The third-order valence-electron chi connectivity index (χ3n) is 2.83. The minimum Gasteiger partial charge on any atom is -0.490 e. The van der Waals surface area contributed by atoms with Crippen LogP contribution in [0.5, 0.6) is 5.75 Å². The van der Waals surface area contributed by atoms with Crippen LogP contribution in [-0.4, -0.2) is 39.6 Å². The molecule has 1 aromatic carbocycles. The molecule has 0 aliphatic rings. The number of ether oxygens (including phenoxy) is 3. The van der Waals surface area contributed by atoms with Gasteiger partial charge in [0.2, 0.25) is 0 Å². The van der Waals surface area contributed by atoms with E-state index in [4.69, 9.17) is 14.2 Å². The Morgan fingerprint density at radius 1 is 1.14 bits per heavy atom. The molecule has 0 aliphatic heterocycles. The highest BCUT2D eigenvalue weighted by Crippen LogP contribution is 2.26. The Morgan fingerprint density at radius 3 is 2.62 bits per heavy atom. The lowest BCUT2D eigenvalue weighted by atomic mass is 10.2. The second-order valence-electron chi connectivity index (χ2n) is 5.11. The summed E-state index contributed by atoms with van der Waals surface area (Å²) in [5.41, 5.74) is 1.23. The minimum absolute atomic E-state index is 0.481. The highest BCUT2D eigenvalue weighted by atomic mass is 79.9. The molecule has 0 heterocycles. The summed E-state index contributed by atoms with van der Waals surface area (Å²) < 4.78 is 17.1. The number of halogens is 1. The Kier molecular flexibility index (Phi) is 9.67. The van der Waals surface area contributed by atoms with Crippen molar-refractivity contribution in [3.8, 4) is 5.75 Å². The number of methoxy groups -OCH3 is 1. The van der Waals surface area contributed by atoms with Crippen molar-refractivity contribution in [2.24, 2.45) is 0 Å². The first kappa shape index (κ1) is 18.4. The lowest BCUT2D eigenvalue weighted by Gasteiger charge is -2.12. The first-order chi connectivity index (χ1) is 10.1. The Labute approximate surface area is 136 Å². The van der Waals surface area contributed by atoms with E-state index in [0.717, 1.165) is 29.8 Å².